The van der Waals surface area contributed by atoms with E-state index in [4.69, 9.17) is 21.5 Å². The largest absolute Gasteiger partial charge is 0.478 e. The number of nitro groups is 1. The fourth-order valence-electron chi connectivity index (χ4n) is 2.48. The first-order valence-corrected chi connectivity index (χ1v) is 9.89. The van der Waals surface area contributed by atoms with E-state index in [9.17, 15) is 31.7 Å². The van der Waals surface area contributed by atoms with Crippen LogP contribution in [-0.2, 0) is 22.8 Å². The average molecular weight is 479 g/mol. The molecule has 1 aromatic heterocycles. The Morgan fingerprint density at radius 2 is 1.94 bits per heavy atom. The molecule has 0 aliphatic heterocycles. The normalized spacial score (nSPS) is 12.0. The Morgan fingerprint density at radius 1 is 1.23 bits per heavy atom. The second-order valence-electron chi connectivity index (χ2n) is 5.89. The van der Waals surface area contributed by atoms with E-state index in [0.717, 1.165) is 22.9 Å². The standard InChI is InChI=1S/C15H10ClF3N6O5S/c16-8-1-3-11(10(5-8)15(17,18)19)24-14(21-22-23-24)7-30-13-4-2-9(31(20,28)29)6-12(13)25(26)27/h1-6H,7H2,(H2,20,28,29). The third-order valence-electron chi connectivity index (χ3n) is 3.84. The number of primary sulfonamides is 1. The molecule has 0 atom stereocenters. The maximum Gasteiger partial charge on any atom is 0.418 e. The lowest BCUT2D eigenvalue weighted by atomic mass is 10.1. The summed E-state index contributed by atoms with van der Waals surface area (Å²) in [7, 11) is -4.21. The monoisotopic (exact) mass is 478 g/mol. The van der Waals surface area contributed by atoms with Crippen LogP contribution in [0.1, 0.15) is 11.4 Å². The van der Waals surface area contributed by atoms with Gasteiger partial charge in [-0.3, -0.25) is 10.1 Å². The van der Waals surface area contributed by atoms with Gasteiger partial charge < -0.3 is 4.74 Å². The molecule has 3 rings (SSSR count). The number of halogens is 4. The second-order valence-corrected chi connectivity index (χ2v) is 7.88. The molecule has 0 amide bonds. The third kappa shape index (κ3) is 4.89. The van der Waals surface area contributed by atoms with Crippen molar-refractivity contribution in [3.63, 3.8) is 0 Å². The first-order valence-electron chi connectivity index (χ1n) is 7.96. The van der Waals surface area contributed by atoms with Crippen LogP contribution in [0.4, 0.5) is 18.9 Å². The van der Waals surface area contributed by atoms with E-state index in [0.29, 0.717) is 12.1 Å². The van der Waals surface area contributed by atoms with Crippen LogP contribution in [0.2, 0.25) is 5.02 Å². The van der Waals surface area contributed by atoms with Crippen LogP contribution in [0.5, 0.6) is 5.75 Å². The molecule has 0 unspecified atom stereocenters. The molecule has 0 saturated heterocycles. The zero-order chi connectivity index (χ0) is 23.0. The summed E-state index contributed by atoms with van der Waals surface area (Å²) in [4.78, 5) is 9.81. The Labute approximate surface area is 176 Å². The molecule has 16 heteroatoms. The number of sulfonamides is 1. The summed E-state index contributed by atoms with van der Waals surface area (Å²) in [6, 6.07) is 5.59. The van der Waals surface area contributed by atoms with E-state index in [1.165, 1.54) is 6.07 Å². The Kier molecular flexibility index (Phi) is 5.84. The quantitative estimate of drug-likeness (QED) is 0.418. The van der Waals surface area contributed by atoms with E-state index >= 15 is 0 Å². The molecule has 0 saturated carbocycles. The van der Waals surface area contributed by atoms with Crippen LogP contribution < -0.4 is 9.88 Å². The third-order valence-corrected chi connectivity index (χ3v) is 4.98. The number of hydrogen-bond donors (Lipinski definition) is 1. The Bertz CT molecular complexity index is 1260. The van der Waals surface area contributed by atoms with Crippen LogP contribution in [0.3, 0.4) is 0 Å². The van der Waals surface area contributed by atoms with E-state index in [1.54, 1.807) is 0 Å². The van der Waals surface area contributed by atoms with Crippen molar-refractivity contribution in [1.29, 1.82) is 0 Å². The Hall–Kier alpha value is -3.30. The minimum Gasteiger partial charge on any atom is -0.478 e. The number of nitrogens with zero attached hydrogens (tertiary/aromatic N) is 5. The van der Waals surface area contributed by atoms with Gasteiger partial charge in [-0.15, -0.1) is 5.10 Å². The number of alkyl halides is 3. The summed E-state index contributed by atoms with van der Waals surface area (Å²) in [6.45, 7) is -0.581. The van der Waals surface area contributed by atoms with Crippen LogP contribution in [-0.4, -0.2) is 33.5 Å². The Balaban J connectivity index is 1.96. The summed E-state index contributed by atoms with van der Waals surface area (Å²) in [5.41, 5.74) is -2.29. The SMILES string of the molecule is NS(=O)(=O)c1ccc(OCc2nnnn2-c2ccc(Cl)cc2C(F)(F)F)c([N+](=O)[O-])c1. The highest BCUT2D eigenvalue weighted by Crippen LogP contribution is 2.36. The lowest BCUT2D eigenvalue weighted by Crippen LogP contribution is -2.15. The maximum atomic E-state index is 13.4. The molecule has 2 N–H and O–H groups in total. The maximum absolute atomic E-state index is 13.4. The highest BCUT2D eigenvalue weighted by atomic mass is 35.5. The lowest BCUT2D eigenvalue weighted by Gasteiger charge is -2.14. The van der Waals surface area contributed by atoms with Gasteiger partial charge in [0.1, 0.15) is 0 Å². The number of hydrogen-bond acceptors (Lipinski definition) is 8. The molecule has 0 aliphatic carbocycles. The van der Waals surface area contributed by atoms with Gasteiger partial charge in [-0.25, -0.2) is 13.6 Å². The van der Waals surface area contributed by atoms with Crippen molar-refractivity contribution >= 4 is 27.3 Å². The van der Waals surface area contributed by atoms with Gasteiger partial charge in [0.25, 0.3) is 0 Å². The van der Waals surface area contributed by atoms with Gasteiger partial charge in [0.2, 0.25) is 10.0 Å². The summed E-state index contributed by atoms with van der Waals surface area (Å²) >= 11 is 5.66. The molecule has 164 valence electrons. The van der Waals surface area contributed by atoms with Crippen molar-refractivity contribution in [2.24, 2.45) is 5.14 Å². The molecule has 0 radical (unpaired) electrons. The molecule has 0 aliphatic rings. The molecule has 31 heavy (non-hydrogen) atoms. The molecule has 3 aromatic rings. The number of nitro benzene ring substituents is 1. The predicted molar refractivity (Wildman–Crippen MR) is 98.0 cm³/mol. The smallest absolute Gasteiger partial charge is 0.418 e. The van der Waals surface area contributed by atoms with E-state index in [-0.39, 0.29) is 16.6 Å². The minimum atomic E-state index is -4.77. The van der Waals surface area contributed by atoms with E-state index in [2.05, 4.69) is 15.5 Å². The van der Waals surface area contributed by atoms with Crippen LogP contribution in [0.15, 0.2) is 41.3 Å². The van der Waals surface area contributed by atoms with E-state index in [1.807, 2.05) is 0 Å². The highest BCUT2D eigenvalue weighted by Gasteiger charge is 2.35. The average Bonchev–Trinajstić information content (AvgIpc) is 3.13. The Morgan fingerprint density at radius 3 is 2.55 bits per heavy atom. The van der Waals surface area contributed by atoms with Gasteiger partial charge in [0.15, 0.2) is 18.2 Å². The molecular weight excluding hydrogens is 469 g/mol. The number of benzene rings is 2. The summed E-state index contributed by atoms with van der Waals surface area (Å²) in [5, 5.41) is 26.4. The number of nitrogens with two attached hydrogens (primary N) is 1. The van der Waals surface area contributed by atoms with Crippen molar-refractivity contribution in [2.45, 2.75) is 17.7 Å². The van der Waals surface area contributed by atoms with Crippen LogP contribution in [0.25, 0.3) is 5.69 Å². The molecule has 0 spiro atoms. The lowest BCUT2D eigenvalue weighted by molar-refractivity contribution is -0.386. The van der Waals surface area contributed by atoms with Crippen LogP contribution in [0, 0.1) is 10.1 Å². The second kappa shape index (κ2) is 8.09. The van der Waals surface area contributed by atoms with Gasteiger partial charge in [0.05, 0.1) is 21.1 Å². The van der Waals surface area contributed by atoms with Crippen molar-refractivity contribution < 1.29 is 31.2 Å². The molecule has 11 nitrogen and oxygen atoms in total. The molecular formula is C15H10ClF3N6O5S. The fraction of sp³-hybridized carbons (Fsp3) is 0.133. The number of rotatable bonds is 6. The van der Waals surface area contributed by atoms with Gasteiger partial charge >= 0.3 is 11.9 Å². The van der Waals surface area contributed by atoms with Gasteiger partial charge in [-0.1, -0.05) is 11.6 Å². The molecule has 0 fully saturated rings. The van der Waals surface area contributed by atoms with Gasteiger partial charge in [0, 0.05) is 11.1 Å². The predicted octanol–water partition coefficient (Wildman–Crippen LogP) is 2.47. The molecule has 0 bridgehead atoms. The summed E-state index contributed by atoms with van der Waals surface area (Å²) < 4.78 is 68.9. The molecule has 1 heterocycles. The first-order chi connectivity index (χ1) is 14.4. The van der Waals surface area contributed by atoms with Gasteiger partial charge in [-0.05, 0) is 40.8 Å². The van der Waals surface area contributed by atoms with Crippen molar-refractivity contribution in [2.75, 3.05) is 0 Å². The first kappa shape index (κ1) is 22.4. The number of tetrazole rings is 1. The van der Waals surface area contributed by atoms with Crippen molar-refractivity contribution in [3.8, 4) is 11.4 Å². The van der Waals surface area contributed by atoms with Gasteiger partial charge in [-0.2, -0.15) is 17.9 Å². The summed E-state index contributed by atoms with van der Waals surface area (Å²) in [6.07, 6.45) is -4.77. The molecule has 2 aromatic carbocycles. The summed E-state index contributed by atoms with van der Waals surface area (Å²) in [5.74, 6) is -0.600. The van der Waals surface area contributed by atoms with Crippen LogP contribution >= 0.6 is 11.6 Å². The van der Waals surface area contributed by atoms with Crippen molar-refractivity contribution in [3.05, 3.63) is 62.9 Å². The topological polar surface area (TPSA) is 156 Å². The highest BCUT2D eigenvalue weighted by molar-refractivity contribution is 7.89. The van der Waals surface area contributed by atoms with Crippen molar-refractivity contribution in [1.82, 2.24) is 20.2 Å². The fourth-order valence-corrected chi connectivity index (χ4v) is 3.19. The number of aromatic nitrogens is 4. The van der Waals surface area contributed by atoms with E-state index < -0.39 is 49.6 Å². The number of ether oxygens (including phenoxy) is 1. The zero-order valence-electron chi connectivity index (χ0n) is 14.9. The zero-order valence-corrected chi connectivity index (χ0v) is 16.5. The minimum absolute atomic E-state index is 0.160.